The summed E-state index contributed by atoms with van der Waals surface area (Å²) in [7, 11) is 0. The van der Waals surface area contributed by atoms with Crippen molar-refractivity contribution in [1.82, 2.24) is 14.7 Å². The van der Waals surface area contributed by atoms with E-state index < -0.39 is 11.4 Å². The number of allylic oxidation sites excluding steroid dienone is 4. The molecule has 0 fully saturated rings. The first-order valence-corrected chi connectivity index (χ1v) is 10.4. The number of hydrogen-bond acceptors (Lipinski definition) is 6. The maximum Gasteiger partial charge on any atom is 0.440 e. The SMILES string of the molecule is C/C(=C\C=C/Cn1oc(=O)[nH]c1=O)c1cccc(OCc2nc(-c3ccccc3)oc2C)c1. The van der Waals surface area contributed by atoms with E-state index in [1.807, 2.05) is 79.5 Å². The number of hydrogen-bond donors (Lipinski definition) is 1. The molecule has 2 heterocycles. The van der Waals surface area contributed by atoms with Crippen molar-refractivity contribution >= 4 is 5.57 Å². The van der Waals surface area contributed by atoms with Gasteiger partial charge in [0, 0.05) is 5.56 Å². The summed E-state index contributed by atoms with van der Waals surface area (Å²) in [6.45, 7) is 4.30. The van der Waals surface area contributed by atoms with E-state index in [-0.39, 0.29) is 6.54 Å². The van der Waals surface area contributed by atoms with Crippen molar-refractivity contribution in [3.8, 4) is 17.2 Å². The summed E-state index contributed by atoms with van der Waals surface area (Å²) < 4.78 is 17.4. The van der Waals surface area contributed by atoms with Gasteiger partial charge < -0.3 is 13.7 Å². The number of aryl methyl sites for hydroxylation is 1. The second kappa shape index (κ2) is 9.86. The number of nitrogens with zero attached hydrogens (tertiary/aromatic N) is 2. The van der Waals surface area contributed by atoms with Gasteiger partial charge in [-0.25, -0.2) is 19.6 Å². The van der Waals surface area contributed by atoms with E-state index in [4.69, 9.17) is 13.7 Å². The number of oxazole rings is 1. The Morgan fingerprint density at radius 2 is 1.97 bits per heavy atom. The summed E-state index contributed by atoms with van der Waals surface area (Å²) in [5, 5.41) is 0. The van der Waals surface area contributed by atoms with Crippen LogP contribution in [0.15, 0.2) is 91.4 Å². The number of aromatic nitrogens is 3. The minimum Gasteiger partial charge on any atom is -0.487 e. The molecule has 0 aliphatic rings. The van der Waals surface area contributed by atoms with Crippen molar-refractivity contribution in [2.24, 2.45) is 0 Å². The predicted octanol–water partition coefficient (Wildman–Crippen LogP) is 4.33. The van der Waals surface area contributed by atoms with Gasteiger partial charge in [-0.1, -0.05) is 48.6 Å². The molecule has 33 heavy (non-hydrogen) atoms. The second-order valence-corrected chi connectivity index (χ2v) is 7.35. The topological polar surface area (TPSA) is 103 Å². The molecule has 0 saturated heterocycles. The highest BCUT2D eigenvalue weighted by Crippen LogP contribution is 2.24. The van der Waals surface area contributed by atoms with Crippen molar-refractivity contribution < 1.29 is 13.7 Å². The fraction of sp³-hybridized carbons (Fsp3) is 0.160. The summed E-state index contributed by atoms with van der Waals surface area (Å²) in [6, 6.07) is 17.5. The van der Waals surface area contributed by atoms with Crippen molar-refractivity contribution in [3.63, 3.8) is 0 Å². The third-order valence-electron chi connectivity index (χ3n) is 4.96. The van der Waals surface area contributed by atoms with Gasteiger partial charge >= 0.3 is 11.4 Å². The van der Waals surface area contributed by atoms with E-state index in [0.29, 0.717) is 18.2 Å². The van der Waals surface area contributed by atoms with Gasteiger partial charge in [0.25, 0.3) is 0 Å². The molecule has 0 aliphatic carbocycles. The van der Waals surface area contributed by atoms with Gasteiger partial charge in [-0.05, 0) is 49.2 Å². The highest BCUT2D eigenvalue weighted by atomic mass is 16.5. The fourth-order valence-electron chi connectivity index (χ4n) is 3.15. The number of H-pyrrole nitrogens is 1. The van der Waals surface area contributed by atoms with Crippen LogP contribution in [0.25, 0.3) is 17.0 Å². The molecular formula is C25H23N3O5. The Kier molecular flexibility index (Phi) is 6.54. The lowest BCUT2D eigenvalue weighted by Gasteiger charge is -2.07. The third-order valence-corrected chi connectivity index (χ3v) is 4.96. The van der Waals surface area contributed by atoms with E-state index >= 15 is 0 Å². The van der Waals surface area contributed by atoms with Crippen molar-refractivity contribution in [1.29, 1.82) is 0 Å². The predicted molar refractivity (Wildman–Crippen MR) is 124 cm³/mol. The van der Waals surface area contributed by atoms with E-state index in [0.717, 1.165) is 32.9 Å². The number of ether oxygens (including phenoxy) is 1. The van der Waals surface area contributed by atoms with Gasteiger partial charge in [-0.15, -0.1) is 4.74 Å². The van der Waals surface area contributed by atoms with Crippen LogP contribution in [0.3, 0.4) is 0 Å². The molecule has 0 radical (unpaired) electrons. The quantitative estimate of drug-likeness (QED) is 0.405. The summed E-state index contributed by atoms with van der Waals surface area (Å²) in [5.74, 6) is 1.25. The van der Waals surface area contributed by atoms with Crippen LogP contribution in [-0.4, -0.2) is 14.7 Å². The molecule has 0 bridgehead atoms. The Morgan fingerprint density at radius 3 is 2.73 bits per heavy atom. The number of rotatable bonds is 8. The Bertz CT molecular complexity index is 1400. The monoisotopic (exact) mass is 445 g/mol. The number of aromatic amines is 1. The first kappa shape index (κ1) is 21.9. The first-order chi connectivity index (χ1) is 16.0. The van der Waals surface area contributed by atoms with Crippen LogP contribution >= 0.6 is 0 Å². The summed E-state index contributed by atoms with van der Waals surface area (Å²) in [5.41, 5.74) is 3.09. The lowest BCUT2D eigenvalue weighted by Crippen LogP contribution is -2.15. The number of nitrogens with one attached hydrogen (secondary N) is 1. The van der Waals surface area contributed by atoms with Gasteiger partial charge in [0.05, 0.1) is 6.54 Å². The minimum atomic E-state index is -0.769. The van der Waals surface area contributed by atoms with E-state index in [9.17, 15) is 9.59 Å². The van der Waals surface area contributed by atoms with Crippen molar-refractivity contribution in [2.75, 3.05) is 0 Å². The molecule has 168 valence electrons. The van der Waals surface area contributed by atoms with Gasteiger partial charge in [-0.2, -0.15) is 0 Å². The fourth-order valence-corrected chi connectivity index (χ4v) is 3.15. The van der Waals surface area contributed by atoms with Crippen LogP contribution in [0.4, 0.5) is 0 Å². The van der Waals surface area contributed by atoms with Crippen LogP contribution in [0.1, 0.15) is 23.9 Å². The molecule has 4 aromatic rings. The van der Waals surface area contributed by atoms with E-state index in [1.165, 1.54) is 0 Å². The Hall–Kier alpha value is -4.33. The summed E-state index contributed by atoms with van der Waals surface area (Å²) >= 11 is 0. The molecule has 1 N–H and O–H groups in total. The number of benzene rings is 2. The molecule has 8 heteroatoms. The van der Waals surface area contributed by atoms with Crippen LogP contribution in [-0.2, 0) is 13.2 Å². The molecule has 2 aromatic carbocycles. The zero-order valence-corrected chi connectivity index (χ0v) is 18.3. The smallest absolute Gasteiger partial charge is 0.440 e. The average molecular weight is 445 g/mol. The molecule has 0 amide bonds. The molecule has 0 saturated carbocycles. The third kappa shape index (κ3) is 5.48. The molecule has 0 unspecified atom stereocenters. The summed E-state index contributed by atoms with van der Waals surface area (Å²) in [4.78, 5) is 29.0. The molecular weight excluding hydrogens is 422 g/mol. The highest BCUT2D eigenvalue weighted by molar-refractivity contribution is 5.66. The van der Waals surface area contributed by atoms with Gasteiger partial charge in [-0.3, -0.25) is 0 Å². The second-order valence-electron chi connectivity index (χ2n) is 7.35. The minimum absolute atomic E-state index is 0.159. The molecule has 8 nitrogen and oxygen atoms in total. The zero-order chi connectivity index (χ0) is 23.2. The lowest BCUT2D eigenvalue weighted by atomic mass is 10.1. The molecule has 0 spiro atoms. The Morgan fingerprint density at radius 1 is 1.15 bits per heavy atom. The first-order valence-electron chi connectivity index (χ1n) is 10.4. The summed E-state index contributed by atoms with van der Waals surface area (Å²) in [6.07, 6.45) is 5.43. The standard InChI is InChI=1S/C25H23N3O5/c1-17(9-6-7-14-28-24(29)27-25(30)33-28)20-12-8-13-21(15-20)31-16-22-18(2)32-23(26-22)19-10-4-3-5-11-19/h3-13,15H,14,16H2,1-2H3,(H,27,29,30)/b7-6-,17-9+. The van der Waals surface area contributed by atoms with Crippen LogP contribution < -0.4 is 16.2 Å². The van der Waals surface area contributed by atoms with Crippen LogP contribution in [0.2, 0.25) is 0 Å². The highest BCUT2D eigenvalue weighted by Gasteiger charge is 2.12. The van der Waals surface area contributed by atoms with Gasteiger partial charge in [0.2, 0.25) is 5.89 Å². The lowest BCUT2D eigenvalue weighted by molar-refractivity contribution is 0.260. The van der Waals surface area contributed by atoms with Gasteiger partial charge in [0.1, 0.15) is 23.8 Å². The molecule has 0 aliphatic heterocycles. The Labute approximate surface area is 189 Å². The Balaban J connectivity index is 1.39. The van der Waals surface area contributed by atoms with Crippen LogP contribution in [0.5, 0.6) is 5.75 Å². The maximum atomic E-state index is 11.4. The van der Waals surface area contributed by atoms with Gasteiger partial charge in [0.15, 0.2) is 0 Å². The van der Waals surface area contributed by atoms with Crippen molar-refractivity contribution in [2.45, 2.75) is 27.0 Å². The molecule has 2 aromatic heterocycles. The normalized spacial score (nSPS) is 11.9. The maximum absolute atomic E-state index is 11.4. The van der Waals surface area contributed by atoms with E-state index in [1.54, 1.807) is 12.2 Å². The molecule has 4 rings (SSSR count). The van der Waals surface area contributed by atoms with Crippen LogP contribution in [0, 0.1) is 6.92 Å². The largest absolute Gasteiger partial charge is 0.487 e. The zero-order valence-electron chi connectivity index (χ0n) is 18.3. The molecule has 0 atom stereocenters. The average Bonchev–Trinajstić information content (AvgIpc) is 3.36. The van der Waals surface area contributed by atoms with E-state index in [2.05, 4.69) is 4.98 Å². The van der Waals surface area contributed by atoms with Crippen molar-refractivity contribution in [3.05, 3.63) is 111 Å².